The molecule has 0 aromatic carbocycles. The molecule has 0 aromatic rings. The van der Waals surface area contributed by atoms with E-state index in [-0.39, 0.29) is 17.6 Å². The van der Waals surface area contributed by atoms with E-state index in [1.807, 2.05) is 27.7 Å². The number of Topliss-reactive ketones (excluding diaryl/α,β-unsaturated/α-hetero) is 1. The van der Waals surface area contributed by atoms with Crippen molar-refractivity contribution in [1.82, 2.24) is 0 Å². The number of hydrogen-bond acceptors (Lipinski definition) is 4. The maximum Gasteiger partial charge on any atom is 0.146 e. The molecular weight excluding hydrogens is 232 g/mol. The van der Waals surface area contributed by atoms with Crippen LogP contribution in [0.25, 0.3) is 0 Å². The Morgan fingerprint density at radius 2 is 1.71 bits per heavy atom. The molecule has 1 saturated carbocycles. The number of hydrogen-bond donors (Lipinski definition) is 0. The zero-order chi connectivity index (χ0) is 13.1. The first-order chi connectivity index (χ1) is 7.77. The summed E-state index contributed by atoms with van der Waals surface area (Å²) in [6.45, 7) is 7.66. The molecule has 4 heteroatoms. The van der Waals surface area contributed by atoms with E-state index >= 15 is 0 Å². The number of nitrogens with zero attached hydrogens (tertiary/aromatic N) is 2. The van der Waals surface area contributed by atoms with Crippen molar-refractivity contribution in [2.45, 2.75) is 32.4 Å². The molecule has 0 bridgehead atoms. The average Bonchev–Trinajstić information content (AvgIpc) is 2.68. The third-order valence-electron chi connectivity index (χ3n) is 4.63. The fourth-order valence-corrected chi connectivity index (χ4v) is 5.97. The van der Waals surface area contributed by atoms with E-state index in [4.69, 9.17) is 5.26 Å². The molecule has 2 atom stereocenters. The summed E-state index contributed by atoms with van der Waals surface area (Å²) in [5, 5.41) is 18.5. The Balaban J connectivity index is 2.55. The van der Waals surface area contributed by atoms with Crippen LogP contribution >= 0.6 is 11.8 Å². The monoisotopic (exact) mass is 248 g/mol. The van der Waals surface area contributed by atoms with Crippen molar-refractivity contribution in [3.8, 4) is 12.1 Å². The van der Waals surface area contributed by atoms with Gasteiger partial charge in [-0.3, -0.25) is 4.79 Å². The van der Waals surface area contributed by atoms with Crippen molar-refractivity contribution in [2.24, 2.45) is 22.7 Å². The van der Waals surface area contributed by atoms with Gasteiger partial charge in [0.15, 0.2) is 0 Å². The lowest BCUT2D eigenvalue weighted by Gasteiger charge is -2.64. The first-order valence-corrected chi connectivity index (χ1v) is 6.74. The molecular formula is C13H16N2OS. The van der Waals surface area contributed by atoms with Crippen LogP contribution in [-0.2, 0) is 4.79 Å². The lowest BCUT2D eigenvalue weighted by molar-refractivity contribution is -0.163. The number of carbonyl (C=O) groups excluding carboxylic acids is 1. The van der Waals surface area contributed by atoms with Gasteiger partial charge in [0, 0.05) is 16.6 Å². The third-order valence-corrected chi connectivity index (χ3v) is 6.88. The molecule has 0 unspecified atom stereocenters. The second-order valence-corrected chi connectivity index (χ2v) is 7.23. The number of nitriles is 2. The van der Waals surface area contributed by atoms with Gasteiger partial charge in [0.25, 0.3) is 0 Å². The molecule has 90 valence electrons. The van der Waals surface area contributed by atoms with Crippen molar-refractivity contribution in [3.63, 3.8) is 0 Å². The average molecular weight is 248 g/mol. The Hall–Kier alpha value is -1.00. The van der Waals surface area contributed by atoms with E-state index in [2.05, 4.69) is 12.1 Å². The molecule has 3 nitrogen and oxygen atoms in total. The molecule has 0 radical (unpaired) electrons. The molecule has 2 rings (SSSR count). The standard InChI is InChI=1S/C13H16N2OS/c1-11(2)10(16)12(3,4)13(11)9(6-15)8(5-14)7-17-13/h8-9H,7H2,1-4H3/t8-,9-/m1/s1. The Kier molecular flexibility index (Phi) is 2.39. The highest BCUT2D eigenvalue weighted by molar-refractivity contribution is 8.01. The SMILES string of the molecule is CC1(C)C(=O)C(C)(C)C12SC[C@@H](C#N)[C@H]2C#N. The zero-order valence-corrected chi connectivity index (χ0v) is 11.4. The predicted molar refractivity (Wildman–Crippen MR) is 66.0 cm³/mol. The van der Waals surface area contributed by atoms with E-state index in [1.165, 1.54) is 0 Å². The van der Waals surface area contributed by atoms with Crippen molar-refractivity contribution < 1.29 is 4.79 Å². The van der Waals surface area contributed by atoms with Crippen LogP contribution in [0, 0.1) is 45.3 Å². The minimum Gasteiger partial charge on any atom is -0.298 e. The van der Waals surface area contributed by atoms with Gasteiger partial charge < -0.3 is 0 Å². The molecule has 1 aliphatic carbocycles. The van der Waals surface area contributed by atoms with Crippen molar-refractivity contribution in [2.75, 3.05) is 5.75 Å². The normalized spacial score (nSPS) is 36.0. The lowest BCUT2D eigenvalue weighted by Crippen LogP contribution is -2.74. The van der Waals surface area contributed by atoms with E-state index in [0.717, 1.165) is 0 Å². The first-order valence-electron chi connectivity index (χ1n) is 5.75. The van der Waals surface area contributed by atoms with Crippen LogP contribution in [0.4, 0.5) is 0 Å². The van der Waals surface area contributed by atoms with Crippen molar-refractivity contribution >= 4 is 17.5 Å². The van der Waals surface area contributed by atoms with E-state index in [9.17, 15) is 10.1 Å². The summed E-state index contributed by atoms with van der Waals surface area (Å²) in [7, 11) is 0. The Bertz CT molecular complexity index is 449. The Morgan fingerprint density at radius 3 is 2.12 bits per heavy atom. The van der Waals surface area contributed by atoms with Crippen LogP contribution in [-0.4, -0.2) is 16.3 Å². The van der Waals surface area contributed by atoms with Gasteiger partial charge in [-0.1, -0.05) is 27.7 Å². The number of rotatable bonds is 0. The smallest absolute Gasteiger partial charge is 0.146 e. The van der Waals surface area contributed by atoms with Crippen molar-refractivity contribution in [1.29, 1.82) is 10.5 Å². The molecule has 1 saturated heterocycles. The molecule has 1 heterocycles. The minimum absolute atomic E-state index is 0.205. The summed E-state index contributed by atoms with van der Waals surface area (Å²) >= 11 is 1.65. The molecule has 1 aliphatic heterocycles. The van der Waals surface area contributed by atoms with Crippen LogP contribution < -0.4 is 0 Å². The van der Waals surface area contributed by atoms with Gasteiger partial charge >= 0.3 is 0 Å². The highest BCUT2D eigenvalue weighted by Gasteiger charge is 2.78. The summed E-state index contributed by atoms with van der Waals surface area (Å²) in [5.41, 5.74) is -1.01. The fourth-order valence-electron chi connectivity index (χ4n) is 3.96. The second-order valence-electron chi connectivity index (χ2n) is 5.97. The maximum atomic E-state index is 12.2. The van der Waals surface area contributed by atoms with Gasteiger partial charge in [-0.2, -0.15) is 22.3 Å². The maximum absolute atomic E-state index is 12.2. The minimum atomic E-state index is -0.507. The third kappa shape index (κ3) is 1.06. The highest BCUT2D eigenvalue weighted by atomic mass is 32.2. The van der Waals surface area contributed by atoms with E-state index < -0.39 is 15.6 Å². The highest BCUT2D eigenvalue weighted by Crippen LogP contribution is 2.72. The predicted octanol–water partition coefficient (Wildman–Crippen LogP) is 2.39. The van der Waals surface area contributed by atoms with Crippen molar-refractivity contribution in [3.05, 3.63) is 0 Å². The molecule has 0 amide bonds. The van der Waals surface area contributed by atoms with Crippen LogP contribution in [0.2, 0.25) is 0 Å². The number of thioether (sulfide) groups is 1. The summed E-state index contributed by atoms with van der Waals surface area (Å²) in [6.07, 6.45) is 0. The van der Waals surface area contributed by atoms with E-state index in [0.29, 0.717) is 5.75 Å². The summed E-state index contributed by atoms with van der Waals surface area (Å²) < 4.78 is -0.397. The molecule has 1 spiro atoms. The van der Waals surface area contributed by atoms with Gasteiger partial charge in [-0.15, -0.1) is 0 Å². The summed E-state index contributed by atoms with van der Waals surface area (Å²) in [4.78, 5) is 12.2. The lowest BCUT2D eigenvalue weighted by atomic mass is 9.42. The molecule has 2 fully saturated rings. The Morgan fingerprint density at radius 1 is 1.18 bits per heavy atom. The zero-order valence-electron chi connectivity index (χ0n) is 10.6. The second kappa shape index (κ2) is 3.27. The Labute approximate surface area is 106 Å². The number of carbonyl (C=O) groups is 1. The summed E-state index contributed by atoms with van der Waals surface area (Å²) in [6, 6.07) is 4.52. The van der Waals surface area contributed by atoms with Gasteiger partial charge in [-0.25, -0.2) is 0 Å². The largest absolute Gasteiger partial charge is 0.298 e. The molecule has 2 aliphatic rings. The number of ketones is 1. The molecule has 0 N–H and O–H groups in total. The van der Waals surface area contributed by atoms with Gasteiger partial charge in [0.1, 0.15) is 5.78 Å². The van der Waals surface area contributed by atoms with Gasteiger partial charge in [0.05, 0.1) is 28.7 Å². The molecule has 0 aromatic heterocycles. The van der Waals surface area contributed by atoms with Crippen LogP contribution in [0.15, 0.2) is 0 Å². The fraction of sp³-hybridized carbons (Fsp3) is 0.769. The van der Waals surface area contributed by atoms with E-state index in [1.54, 1.807) is 11.8 Å². The van der Waals surface area contributed by atoms with Crippen LogP contribution in [0.5, 0.6) is 0 Å². The summed E-state index contributed by atoms with van der Waals surface area (Å²) in [5.74, 6) is 0.266. The van der Waals surface area contributed by atoms with Gasteiger partial charge in [-0.05, 0) is 0 Å². The van der Waals surface area contributed by atoms with Crippen LogP contribution in [0.1, 0.15) is 27.7 Å². The first kappa shape index (κ1) is 12.5. The van der Waals surface area contributed by atoms with Gasteiger partial charge in [0.2, 0.25) is 0 Å². The topological polar surface area (TPSA) is 64.7 Å². The van der Waals surface area contributed by atoms with Crippen LogP contribution in [0.3, 0.4) is 0 Å². The quantitative estimate of drug-likeness (QED) is 0.660. The molecule has 17 heavy (non-hydrogen) atoms.